The number of fused-ring (bicyclic) bond motifs is 2. The van der Waals surface area contributed by atoms with E-state index < -0.39 is 11.4 Å². The van der Waals surface area contributed by atoms with Gasteiger partial charge >= 0.3 is 5.97 Å². The number of carboxylic acid groups (broad SMARTS) is 1. The monoisotopic (exact) mass is 240 g/mol. The predicted molar refractivity (Wildman–Crippen MR) is 65.8 cm³/mol. The quantitative estimate of drug-likeness (QED) is 0.766. The van der Waals surface area contributed by atoms with Gasteiger partial charge in [-0.05, 0) is 43.4 Å². The van der Waals surface area contributed by atoms with Crippen LogP contribution in [0.3, 0.4) is 0 Å². The Kier molecular flexibility index (Phi) is 2.81. The molecule has 0 amide bonds. The molecule has 2 aliphatic rings. The number of carboxylic acids is 1. The lowest BCUT2D eigenvalue weighted by Crippen LogP contribution is -2.50. The Bertz CT molecular complexity index is 336. The van der Waals surface area contributed by atoms with Crippen molar-refractivity contribution < 1.29 is 14.6 Å². The molecule has 0 aromatic carbocycles. The first-order chi connectivity index (χ1) is 7.75. The molecule has 3 unspecified atom stereocenters. The fourth-order valence-electron chi connectivity index (χ4n) is 3.72. The molecule has 1 heterocycles. The third-order valence-electron chi connectivity index (χ3n) is 5.88. The Morgan fingerprint density at radius 1 is 1.24 bits per heavy atom. The van der Waals surface area contributed by atoms with Gasteiger partial charge < -0.3 is 9.84 Å². The van der Waals surface area contributed by atoms with Gasteiger partial charge in [-0.2, -0.15) is 0 Å². The summed E-state index contributed by atoms with van der Waals surface area (Å²) in [5, 5.41) is 9.73. The van der Waals surface area contributed by atoms with Gasteiger partial charge in [0.1, 0.15) is 0 Å². The van der Waals surface area contributed by atoms with Crippen LogP contribution in [0, 0.1) is 16.2 Å². The Labute approximate surface area is 104 Å². The third-order valence-corrected chi connectivity index (χ3v) is 5.88. The SMILES string of the molecule is CC1CCC2(C(=O)O)CCC(C)(CO1)C2(C)C. The highest BCUT2D eigenvalue weighted by Gasteiger charge is 2.64. The molecule has 2 bridgehead atoms. The van der Waals surface area contributed by atoms with E-state index in [1.807, 2.05) is 0 Å². The second-order valence-corrected chi connectivity index (χ2v) is 6.73. The van der Waals surface area contributed by atoms with E-state index in [2.05, 4.69) is 27.7 Å². The van der Waals surface area contributed by atoms with Crippen LogP contribution in [0.15, 0.2) is 0 Å². The molecule has 0 aromatic heterocycles. The van der Waals surface area contributed by atoms with E-state index in [-0.39, 0.29) is 16.9 Å². The summed E-state index contributed by atoms with van der Waals surface area (Å²) in [7, 11) is 0. The topological polar surface area (TPSA) is 46.5 Å². The predicted octanol–water partition coefficient (Wildman–Crippen LogP) is 3.08. The van der Waals surface area contributed by atoms with E-state index in [1.54, 1.807) is 0 Å². The summed E-state index contributed by atoms with van der Waals surface area (Å²) < 4.78 is 5.88. The summed E-state index contributed by atoms with van der Waals surface area (Å²) in [6.45, 7) is 9.17. The Morgan fingerprint density at radius 2 is 1.88 bits per heavy atom. The van der Waals surface area contributed by atoms with Crippen molar-refractivity contribution in [2.75, 3.05) is 6.61 Å². The van der Waals surface area contributed by atoms with Gasteiger partial charge in [-0.15, -0.1) is 0 Å². The van der Waals surface area contributed by atoms with Crippen LogP contribution in [-0.4, -0.2) is 23.8 Å². The van der Waals surface area contributed by atoms with E-state index in [0.717, 1.165) is 25.7 Å². The summed E-state index contributed by atoms with van der Waals surface area (Å²) in [6, 6.07) is 0. The summed E-state index contributed by atoms with van der Waals surface area (Å²) in [5.74, 6) is -0.611. The first-order valence-electron chi connectivity index (χ1n) is 6.60. The highest BCUT2D eigenvalue weighted by molar-refractivity contribution is 5.76. The van der Waals surface area contributed by atoms with Crippen molar-refractivity contribution in [2.45, 2.75) is 59.5 Å². The molecule has 2 rings (SSSR count). The fraction of sp³-hybridized carbons (Fsp3) is 0.929. The molecule has 3 atom stereocenters. The molecule has 1 N–H and O–H groups in total. The number of aliphatic carboxylic acids is 1. The van der Waals surface area contributed by atoms with Gasteiger partial charge in [0, 0.05) is 0 Å². The molecule has 3 nitrogen and oxygen atoms in total. The number of hydrogen-bond acceptors (Lipinski definition) is 2. The maximum atomic E-state index is 11.8. The van der Waals surface area contributed by atoms with Crippen molar-refractivity contribution in [1.29, 1.82) is 0 Å². The van der Waals surface area contributed by atoms with Crippen LogP contribution in [0.2, 0.25) is 0 Å². The minimum Gasteiger partial charge on any atom is -0.481 e. The van der Waals surface area contributed by atoms with Crippen molar-refractivity contribution in [3.63, 3.8) is 0 Å². The highest BCUT2D eigenvalue weighted by atomic mass is 16.5. The fourth-order valence-corrected chi connectivity index (χ4v) is 3.72. The highest BCUT2D eigenvalue weighted by Crippen LogP contribution is 2.65. The molecule has 0 aromatic rings. The molecule has 98 valence electrons. The van der Waals surface area contributed by atoms with Gasteiger partial charge in [0.2, 0.25) is 0 Å². The zero-order valence-electron chi connectivity index (χ0n) is 11.4. The molecular weight excluding hydrogens is 216 g/mol. The average Bonchev–Trinajstić information content (AvgIpc) is 2.47. The molecule has 1 aliphatic carbocycles. The van der Waals surface area contributed by atoms with Crippen molar-refractivity contribution in [1.82, 2.24) is 0 Å². The lowest BCUT2D eigenvalue weighted by atomic mass is 9.57. The van der Waals surface area contributed by atoms with E-state index in [9.17, 15) is 9.90 Å². The Hall–Kier alpha value is -0.570. The Balaban J connectivity index is 2.45. The smallest absolute Gasteiger partial charge is 0.310 e. The summed E-state index contributed by atoms with van der Waals surface area (Å²) in [5.41, 5.74) is -0.772. The van der Waals surface area contributed by atoms with Gasteiger partial charge in [0.25, 0.3) is 0 Å². The molecule has 3 heteroatoms. The average molecular weight is 240 g/mol. The second kappa shape index (κ2) is 3.71. The molecule has 0 radical (unpaired) electrons. The van der Waals surface area contributed by atoms with E-state index in [1.165, 1.54) is 0 Å². The molecule has 1 saturated heterocycles. The normalized spacial score (nSPS) is 45.1. The lowest BCUT2D eigenvalue weighted by Gasteiger charge is -2.48. The molecule has 1 saturated carbocycles. The van der Waals surface area contributed by atoms with Crippen LogP contribution < -0.4 is 0 Å². The van der Waals surface area contributed by atoms with Crippen molar-refractivity contribution in [2.24, 2.45) is 16.2 Å². The lowest BCUT2D eigenvalue weighted by molar-refractivity contribution is -0.166. The molecule has 0 spiro atoms. The van der Waals surface area contributed by atoms with Crippen molar-refractivity contribution >= 4 is 5.97 Å². The van der Waals surface area contributed by atoms with Crippen LogP contribution in [0.4, 0.5) is 0 Å². The molecule has 2 fully saturated rings. The first kappa shape index (κ1) is 12.9. The maximum Gasteiger partial charge on any atom is 0.310 e. The van der Waals surface area contributed by atoms with Gasteiger partial charge in [0.15, 0.2) is 0 Å². The maximum absolute atomic E-state index is 11.8. The van der Waals surface area contributed by atoms with Crippen LogP contribution in [0.25, 0.3) is 0 Å². The van der Waals surface area contributed by atoms with E-state index in [0.29, 0.717) is 6.61 Å². The van der Waals surface area contributed by atoms with Gasteiger partial charge in [-0.3, -0.25) is 4.79 Å². The summed E-state index contributed by atoms with van der Waals surface area (Å²) in [6.07, 6.45) is 3.53. The minimum atomic E-state index is -0.611. The van der Waals surface area contributed by atoms with Gasteiger partial charge in [-0.1, -0.05) is 20.8 Å². The molecular formula is C14H24O3. The van der Waals surface area contributed by atoms with Crippen molar-refractivity contribution in [3.8, 4) is 0 Å². The number of carbonyl (C=O) groups is 1. The van der Waals surface area contributed by atoms with Crippen molar-refractivity contribution in [3.05, 3.63) is 0 Å². The third kappa shape index (κ3) is 1.55. The molecule has 1 aliphatic heterocycles. The van der Waals surface area contributed by atoms with E-state index in [4.69, 9.17) is 4.74 Å². The zero-order valence-corrected chi connectivity index (χ0v) is 11.4. The molecule has 17 heavy (non-hydrogen) atoms. The number of hydrogen-bond donors (Lipinski definition) is 1. The summed E-state index contributed by atoms with van der Waals surface area (Å²) in [4.78, 5) is 11.8. The van der Waals surface area contributed by atoms with Crippen LogP contribution in [-0.2, 0) is 9.53 Å². The first-order valence-corrected chi connectivity index (χ1v) is 6.60. The van der Waals surface area contributed by atoms with E-state index >= 15 is 0 Å². The minimum absolute atomic E-state index is 0.0138. The van der Waals surface area contributed by atoms with Gasteiger partial charge in [-0.25, -0.2) is 0 Å². The van der Waals surface area contributed by atoms with Gasteiger partial charge in [0.05, 0.1) is 18.1 Å². The van der Waals surface area contributed by atoms with Crippen LogP contribution in [0.5, 0.6) is 0 Å². The largest absolute Gasteiger partial charge is 0.481 e. The van der Waals surface area contributed by atoms with Crippen LogP contribution in [0.1, 0.15) is 53.4 Å². The summed E-state index contributed by atoms with van der Waals surface area (Å²) >= 11 is 0. The zero-order chi connectivity index (χ0) is 12.9. The van der Waals surface area contributed by atoms with Crippen LogP contribution >= 0.6 is 0 Å². The Morgan fingerprint density at radius 3 is 2.47 bits per heavy atom. The standard InChI is InChI=1S/C14H24O3/c1-10-5-6-14(11(15)16)8-7-13(4,9-17-10)12(14,2)3/h10H,5-9H2,1-4H3,(H,15,16). The number of ether oxygens (including phenoxy) is 1. The number of rotatable bonds is 1. The second-order valence-electron chi connectivity index (χ2n) is 6.73.